The number of anilines is 1. The molecule has 124 valence electrons. The molecule has 0 aliphatic carbocycles. The smallest absolute Gasteiger partial charge is 0.299 e. The van der Waals surface area contributed by atoms with E-state index in [2.05, 4.69) is 15.1 Å². The van der Waals surface area contributed by atoms with Gasteiger partial charge in [0.05, 0.1) is 28.7 Å². The first kappa shape index (κ1) is 15.4. The van der Waals surface area contributed by atoms with Crippen molar-refractivity contribution in [1.82, 2.24) is 15.1 Å². The van der Waals surface area contributed by atoms with Gasteiger partial charge >= 0.3 is 0 Å². The van der Waals surface area contributed by atoms with E-state index in [0.717, 1.165) is 0 Å². The van der Waals surface area contributed by atoms with Crippen molar-refractivity contribution in [3.05, 3.63) is 72.1 Å². The monoisotopic (exact) mass is 354 g/mol. The lowest BCUT2D eigenvalue weighted by atomic mass is 10.3. The molecule has 0 fully saturated rings. The van der Waals surface area contributed by atoms with Crippen LogP contribution >= 0.6 is 11.3 Å². The Kier molecular flexibility index (Phi) is 3.95. The lowest BCUT2D eigenvalue weighted by Gasteiger charge is -2.17. The summed E-state index contributed by atoms with van der Waals surface area (Å²) >= 11 is 1.23. The second-order valence-electron chi connectivity index (χ2n) is 5.20. The molecular weight excluding hydrogens is 343 g/mol. The summed E-state index contributed by atoms with van der Waals surface area (Å²) in [6.45, 7) is 0.211. The topological polar surface area (TPSA) is 72.1 Å². The normalized spacial score (nSPS) is 10.9. The van der Waals surface area contributed by atoms with Crippen LogP contribution in [0.5, 0.6) is 0 Å². The predicted molar refractivity (Wildman–Crippen MR) is 90.8 cm³/mol. The number of pyridine rings is 1. The average molecular weight is 354 g/mol. The van der Waals surface area contributed by atoms with Crippen molar-refractivity contribution in [1.29, 1.82) is 0 Å². The standard InChI is InChI=1S/C17H11FN4O2S/c18-11-4-5-13-15(9-11)25-17(21-13)22(10-12-3-1-2-7-19-12)16(23)14-6-8-20-24-14/h1-9H,10H2. The molecule has 4 aromatic rings. The highest BCUT2D eigenvalue weighted by molar-refractivity contribution is 7.22. The third-order valence-corrected chi connectivity index (χ3v) is 4.55. The molecule has 0 spiro atoms. The number of hydrogen-bond acceptors (Lipinski definition) is 6. The van der Waals surface area contributed by atoms with Gasteiger partial charge in [0, 0.05) is 12.3 Å². The predicted octanol–water partition coefficient (Wildman–Crippen LogP) is 3.67. The maximum atomic E-state index is 13.4. The van der Waals surface area contributed by atoms with Crippen molar-refractivity contribution >= 4 is 32.6 Å². The minimum Gasteiger partial charge on any atom is -0.351 e. The second kappa shape index (κ2) is 6.40. The Morgan fingerprint density at radius 2 is 2.12 bits per heavy atom. The van der Waals surface area contributed by atoms with E-state index in [4.69, 9.17) is 4.52 Å². The van der Waals surface area contributed by atoms with E-state index in [1.165, 1.54) is 40.6 Å². The third-order valence-electron chi connectivity index (χ3n) is 3.51. The fraction of sp³-hybridized carbons (Fsp3) is 0.0588. The van der Waals surface area contributed by atoms with Gasteiger partial charge in [0.2, 0.25) is 5.76 Å². The van der Waals surface area contributed by atoms with Crippen LogP contribution in [-0.2, 0) is 6.54 Å². The molecule has 0 radical (unpaired) electrons. The molecule has 1 amide bonds. The number of benzene rings is 1. The summed E-state index contributed by atoms with van der Waals surface area (Å²) in [7, 11) is 0. The number of thiazole rings is 1. The summed E-state index contributed by atoms with van der Waals surface area (Å²) in [6, 6.07) is 11.3. The largest absolute Gasteiger partial charge is 0.351 e. The third kappa shape index (κ3) is 3.11. The van der Waals surface area contributed by atoms with Crippen LogP contribution in [-0.4, -0.2) is 21.0 Å². The van der Waals surface area contributed by atoms with Crippen molar-refractivity contribution in [2.75, 3.05) is 4.90 Å². The minimum absolute atomic E-state index is 0.0985. The molecule has 0 saturated heterocycles. The van der Waals surface area contributed by atoms with Gasteiger partial charge < -0.3 is 4.52 Å². The van der Waals surface area contributed by atoms with Crippen LogP contribution in [0.4, 0.5) is 9.52 Å². The first-order chi connectivity index (χ1) is 12.2. The SMILES string of the molecule is O=C(c1ccno1)N(Cc1ccccn1)c1nc2ccc(F)cc2s1. The van der Waals surface area contributed by atoms with Crippen molar-refractivity contribution in [3.63, 3.8) is 0 Å². The van der Waals surface area contributed by atoms with E-state index in [9.17, 15) is 9.18 Å². The van der Waals surface area contributed by atoms with Crippen LogP contribution in [0.2, 0.25) is 0 Å². The molecule has 0 bridgehead atoms. The Labute approximate surface area is 145 Å². The van der Waals surface area contributed by atoms with E-state index in [1.54, 1.807) is 18.3 Å². The minimum atomic E-state index is -0.386. The average Bonchev–Trinajstić information content (AvgIpc) is 3.29. The zero-order valence-corrected chi connectivity index (χ0v) is 13.6. The van der Waals surface area contributed by atoms with Gasteiger partial charge in [0.1, 0.15) is 5.82 Å². The Morgan fingerprint density at radius 3 is 2.88 bits per heavy atom. The molecule has 1 aromatic carbocycles. The van der Waals surface area contributed by atoms with Crippen LogP contribution in [0, 0.1) is 5.82 Å². The van der Waals surface area contributed by atoms with E-state index in [-0.39, 0.29) is 24.0 Å². The summed E-state index contributed by atoms with van der Waals surface area (Å²) in [5.74, 6) is -0.635. The fourth-order valence-electron chi connectivity index (χ4n) is 2.34. The molecule has 6 nitrogen and oxygen atoms in total. The summed E-state index contributed by atoms with van der Waals surface area (Å²) in [5, 5.41) is 4.01. The van der Waals surface area contributed by atoms with Crippen LogP contribution in [0.25, 0.3) is 10.2 Å². The van der Waals surface area contributed by atoms with Gasteiger partial charge in [0.15, 0.2) is 5.13 Å². The van der Waals surface area contributed by atoms with Crippen LogP contribution in [0.1, 0.15) is 16.2 Å². The van der Waals surface area contributed by atoms with Crippen LogP contribution in [0.15, 0.2) is 59.4 Å². The van der Waals surface area contributed by atoms with Gasteiger partial charge in [-0.3, -0.25) is 14.7 Å². The molecule has 0 aliphatic rings. The van der Waals surface area contributed by atoms with Gasteiger partial charge in [-0.2, -0.15) is 0 Å². The van der Waals surface area contributed by atoms with Crippen molar-refractivity contribution in [3.8, 4) is 0 Å². The van der Waals surface area contributed by atoms with E-state index < -0.39 is 0 Å². The molecule has 0 atom stereocenters. The summed E-state index contributed by atoms with van der Waals surface area (Å²) in [6.07, 6.45) is 3.06. The maximum absolute atomic E-state index is 13.4. The Hall–Kier alpha value is -3.13. The Morgan fingerprint density at radius 1 is 1.20 bits per heavy atom. The van der Waals surface area contributed by atoms with Crippen molar-refractivity contribution in [2.45, 2.75) is 6.54 Å². The molecule has 4 rings (SSSR count). The number of carbonyl (C=O) groups is 1. The maximum Gasteiger partial charge on any atom is 0.299 e. The highest BCUT2D eigenvalue weighted by atomic mass is 32.1. The number of aromatic nitrogens is 3. The van der Waals surface area contributed by atoms with E-state index in [0.29, 0.717) is 21.0 Å². The lowest BCUT2D eigenvalue weighted by molar-refractivity contribution is 0.0949. The highest BCUT2D eigenvalue weighted by Gasteiger charge is 2.24. The summed E-state index contributed by atoms with van der Waals surface area (Å²) in [5.41, 5.74) is 1.32. The summed E-state index contributed by atoms with van der Waals surface area (Å²) < 4.78 is 19.1. The number of hydrogen-bond donors (Lipinski definition) is 0. The molecule has 0 saturated carbocycles. The second-order valence-corrected chi connectivity index (χ2v) is 6.21. The van der Waals surface area contributed by atoms with Crippen molar-refractivity contribution < 1.29 is 13.7 Å². The van der Waals surface area contributed by atoms with Gasteiger partial charge in [-0.15, -0.1) is 0 Å². The zero-order valence-electron chi connectivity index (χ0n) is 12.8. The molecular formula is C17H11FN4O2S. The Balaban J connectivity index is 1.76. The molecule has 3 aromatic heterocycles. The first-order valence-corrected chi connectivity index (χ1v) is 8.21. The van der Waals surface area contributed by atoms with Gasteiger partial charge in [-0.25, -0.2) is 9.37 Å². The van der Waals surface area contributed by atoms with E-state index >= 15 is 0 Å². The molecule has 0 N–H and O–H groups in total. The quantitative estimate of drug-likeness (QED) is 0.559. The number of nitrogens with zero attached hydrogens (tertiary/aromatic N) is 4. The van der Waals surface area contributed by atoms with Gasteiger partial charge in [0.25, 0.3) is 5.91 Å². The molecule has 0 aliphatic heterocycles. The lowest BCUT2D eigenvalue weighted by Crippen LogP contribution is -2.30. The first-order valence-electron chi connectivity index (χ1n) is 7.39. The molecule has 0 unspecified atom stereocenters. The van der Waals surface area contributed by atoms with E-state index in [1.807, 2.05) is 12.1 Å². The van der Waals surface area contributed by atoms with Crippen molar-refractivity contribution in [2.24, 2.45) is 0 Å². The van der Waals surface area contributed by atoms with Crippen LogP contribution in [0.3, 0.4) is 0 Å². The zero-order chi connectivity index (χ0) is 17.2. The Bertz CT molecular complexity index is 1020. The number of rotatable bonds is 4. The molecule has 25 heavy (non-hydrogen) atoms. The van der Waals surface area contributed by atoms with Gasteiger partial charge in [-0.1, -0.05) is 22.6 Å². The molecule has 3 heterocycles. The summed E-state index contributed by atoms with van der Waals surface area (Å²) in [4.78, 5) is 23.0. The number of fused-ring (bicyclic) bond motifs is 1. The number of amides is 1. The molecule has 8 heteroatoms. The fourth-order valence-corrected chi connectivity index (χ4v) is 3.33. The van der Waals surface area contributed by atoms with Gasteiger partial charge in [-0.05, 0) is 30.3 Å². The highest BCUT2D eigenvalue weighted by Crippen LogP contribution is 2.31. The number of halogens is 1. The number of carbonyl (C=O) groups excluding carboxylic acids is 1. The van der Waals surface area contributed by atoms with Crippen LogP contribution < -0.4 is 4.90 Å².